The summed E-state index contributed by atoms with van der Waals surface area (Å²) < 4.78 is 34.5. The minimum Gasteiger partial charge on any atom is -0.455 e. The number of rotatable bonds is 5. The van der Waals surface area contributed by atoms with E-state index in [9.17, 15) is 8.42 Å². The fourth-order valence-electron chi connectivity index (χ4n) is 3.35. The molecule has 27 heavy (non-hydrogen) atoms. The number of hydrogen-bond donors (Lipinski definition) is 1. The Balaban J connectivity index is 1.36. The van der Waals surface area contributed by atoms with Crippen LogP contribution in [0.1, 0.15) is 17.9 Å². The van der Waals surface area contributed by atoms with E-state index in [4.69, 9.17) is 4.42 Å². The lowest BCUT2D eigenvalue weighted by atomic mass is 10.1. The van der Waals surface area contributed by atoms with Gasteiger partial charge >= 0.3 is 0 Å². The summed E-state index contributed by atoms with van der Waals surface area (Å²) in [5.41, 5.74) is 1.98. The van der Waals surface area contributed by atoms with Crippen molar-refractivity contribution in [3.63, 3.8) is 0 Å². The average molecular weight is 396 g/mol. The van der Waals surface area contributed by atoms with Gasteiger partial charge in [-0.1, -0.05) is 48.5 Å². The summed E-state index contributed by atoms with van der Waals surface area (Å²) in [5.74, 6) is 0.951. The molecule has 136 valence electrons. The summed E-state index contributed by atoms with van der Waals surface area (Å²) in [7, 11) is -3.53. The molecule has 1 aliphatic carbocycles. The van der Waals surface area contributed by atoms with Gasteiger partial charge in [0.1, 0.15) is 15.6 Å². The van der Waals surface area contributed by atoms with E-state index in [0.717, 1.165) is 22.3 Å². The first-order valence-corrected chi connectivity index (χ1v) is 11.1. The van der Waals surface area contributed by atoms with Gasteiger partial charge in [-0.2, -0.15) is 0 Å². The van der Waals surface area contributed by atoms with Crippen molar-refractivity contribution in [3.05, 3.63) is 78.4 Å². The van der Waals surface area contributed by atoms with Crippen LogP contribution < -0.4 is 4.72 Å². The average Bonchev–Trinajstić information content (AvgIpc) is 3.10. The summed E-state index contributed by atoms with van der Waals surface area (Å²) in [6.07, 6.45) is 0.838. The Morgan fingerprint density at radius 2 is 1.74 bits per heavy atom. The molecule has 2 aromatic carbocycles. The molecule has 2 heterocycles. The molecule has 6 heteroatoms. The van der Waals surface area contributed by atoms with Crippen LogP contribution in [0.25, 0.3) is 21.6 Å². The monoisotopic (exact) mass is 395 g/mol. The van der Waals surface area contributed by atoms with Crippen LogP contribution in [-0.2, 0) is 10.0 Å². The van der Waals surface area contributed by atoms with Gasteiger partial charge in [-0.3, -0.25) is 0 Å². The number of para-hydroxylation sites is 1. The van der Waals surface area contributed by atoms with Crippen LogP contribution in [0.5, 0.6) is 0 Å². The highest BCUT2D eigenvalue weighted by Crippen LogP contribution is 2.42. The van der Waals surface area contributed by atoms with Crippen molar-refractivity contribution < 1.29 is 12.8 Å². The van der Waals surface area contributed by atoms with Crippen LogP contribution in [0.4, 0.5) is 0 Å². The zero-order chi connectivity index (χ0) is 18.4. The molecule has 1 saturated carbocycles. The van der Waals surface area contributed by atoms with Crippen LogP contribution in [0.15, 0.2) is 81.4 Å². The highest BCUT2D eigenvalue weighted by atomic mass is 32.2. The summed E-state index contributed by atoms with van der Waals surface area (Å²) in [6, 6.07) is 23.1. The van der Waals surface area contributed by atoms with Gasteiger partial charge in [0.15, 0.2) is 0 Å². The molecule has 0 unspecified atom stereocenters. The highest BCUT2D eigenvalue weighted by molar-refractivity contribution is 7.91. The molecule has 1 N–H and O–H groups in total. The SMILES string of the molecule is O=S(=O)(N[C@H]1C[C@@H]1c1ccccc1)c1ccc(-c2cc3ccccc3o2)s1. The van der Waals surface area contributed by atoms with Crippen LogP contribution in [-0.4, -0.2) is 14.5 Å². The molecule has 0 saturated heterocycles. The summed E-state index contributed by atoms with van der Waals surface area (Å²) >= 11 is 1.23. The first kappa shape index (κ1) is 16.7. The van der Waals surface area contributed by atoms with Gasteiger partial charge in [0.05, 0.1) is 4.88 Å². The predicted octanol–water partition coefficient (Wildman–Crippen LogP) is 5.00. The van der Waals surface area contributed by atoms with E-state index >= 15 is 0 Å². The fraction of sp³-hybridized carbons (Fsp3) is 0.143. The van der Waals surface area contributed by atoms with Crippen LogP contribution >= 0.6 is 11.3 Å². The van der Waals surface area contributed by atoms with Gasteiger partial charge in [-0.05, 0) is 36.2 Å². The maximum Gasteiger partial charge on any atom is 0.250 e. The van der Waals surface area contributed by atoms with Crippen molar-refractivity contribution >= 4 is 32.3 Å². The Bertz CT molecular complexity index is 1180. The molecule has 0 amide bonds. The third-order valence-electron chi connectivity index (χ3n) is 4.84. The molecule has 0 aliphatic heterocycles. The minimum atomic E-state index is -3.53. The number of thiophene rings is 1. The number of sulfonamides is 1. The number of hydrogen-bond acceptors (Lipinski definition) is 4. The van der Waals surface area contributed by atoms with Crippen molar-refractivity contribution in [3.8, 4) is 10.6 Å². The maximum absolute atomic E-state index is 12.7. The first-order chi connectivity index (χ1) is 13.1. The molecular weight excluding hydrogens is 378 g/mol. The molecule has 1 fully saturated rings. The number of nitrogens with one attached hydrogen (secondary N) is 1. The van der Waals surface area contributed by atoms with Crippen molar-refractivity contribution in [2.45, 2.75) is 22.6 Å². The second kappa shape index (κ2) is 6.34. The zero-order valence-corrected chi connectivity index (χ0v) is 16.0. The van der Waals surface area contributed by atoms with Gasteiger partial charge in [-0.25, -0.2) is 13.1 Å². The van der Waals surface area contributed by atoms with E-state index in [1.807, 2.05) is 60.7 Å². The normalized spacial score (nSPS) is 19.4. The van der Waals surface area contributed by atoms with Gasteiger partial charge < -0.3 is 4.42 Å². The Morgan fingerprint density at radius 1 is 0.963 bits per heavy atom. The third kappa shape index (κ3) is 3.20. The lowest BCUT2D eigenvalue weighted by Gasteiger charge is -2.04. The van der Waals surface area contributed by atoms with Crippen LogP contribution in [0.3, 0.4) is 0 Å². The van der Waals surface area contributed by atoms with Crippen LogP contribution in [0, 0.1) is 0 Å². The molecule has 0 bridgehead atoms. The van der Waals surface area contributed by atoms with Crippen molar-refractivity contribution in [2.75, 3.05) is 0 Å². The molecule has 0 radical (unpaired) electrons. The van der Waals surface area contributed by atoms with Gasteiger partial charge in [0.2, 0.25) is 10.0 Å². The Hall–Kier alpha value is -2.41. The first-order valence-electron chi connectivity index (χ1n) is 8.76. The lowest BCUT2D eigenvalue weighted by molar-refractivity contribution is 0.582. The van der Waals surface area contributed by atoms with E-state index < -0.39 is 10.0 Å². The summed E-state index contributed by atoms with van der Waals surface area (Å²) in [6.45, 7) is 0. The topological polar surface area (TPSA) is 59.3 Å². The Morgan fingerprint density at radius 3 is 2.56 bits per heavy atom. The number of benzene rings is 2. The molecule has 0 spiro atoms. The second-order valence-electron chi connectivity index (χ2n) is 6.75. The lowest BCUT2D eigenvalue weighted by Crippen LogP contribution is -2.26. The summed E-state index contributed by atoms with van der Waals surface area (Å²) in [5, 5.41) is 1.01. The molecule has 1 aliphatic rings. The third-order valence-corrected chi connectivity index (χ3v) is 7.92. The van der Waals surface area contributed by atoms with E-state index in [1.165, 1.54) is 16.9 Å². The predicted molar refractivity (Wildman–Crippen MR) is 107 cm³/mol. The Kier molecular flexibility index (Phi) is 3.93. The van der Waals surface area contributed by atoms with Gasteiger partial charge in [0, 0.05) is 17.3 Å². The second-order valence-corrected chi connectivity index (χ2v) is 9.77. The molecular formula is C21H17NO3S2. The number of furan rings is 1. The minimum absolute atomic E-state index is 0.0332. The molecule has 5 rings (SSSR count). The van der Waals surface area contributed by atoms with E-state index in [-0.39, 0.29) is 12.0 Å². The number of fused-ring (bicyclic) bond motifs is 1. The van der Waals surface area contributed by atoms with Gasteiger partial charge in [-0.15, -0.1) is 11.3 Å². The zero-order valence-electron chi connectivity index (χ0n) is 14.3. The maximum atomic E-state index is 12.7. The standard InChI is InChI=1S/C21H17NO3S2/c23-27(24,22-17-13-16(17)14-6-2-1-3-7-14)21-11-10-20(26-21)19-12-15-8-4-5-9-18(15)25-19/h1-12,16-17,22H,13H2/t16-,17+/m1/s1. The quantitative estimate of drug-likeness (QED) is 0.517. The van der Waals surface area contributed by atoms with Crippen molar-refractivity contribution in [1.29, 1.82) is 0 Å². The molecule has 2 atom stereocenters. The highest BCUT2D eigenvalue weighted by Gasteiger charge is 2.41. The molecule has 4 nitrogen and oxygen atoms in total. The van der Waals surface area contributed by atoms with Crippen molar-refractivity contribution in [2.24, 2.45) is 0 Å². The van der Waals surface area contributed by atoms with E-state index in [2.05, 4.69) is 4.72 Å². The fourth-order valence-corrected chi connectivity index (χ4v) is 5.92. The van der Waals surface area contributed by atoms with E-state index in [0.29, 0.717) is 9.97 Å². The Labute approximate surface area is 161 Å². The smallest absolute Gasteiger partial charge is 0.250 e. The molecule has 4 aromatic rings. The largest absolute Gasteiger partial charge is 0.455 e. The van der Waals surface area contributed by atoms with Gasteiger partial charge in [0.25, 0.3) is 0 Å². The summed E-state index contributed by atoms with van der Waals surface area (Å²) in [4.78, 5) is 0.807. The van der Waals surface area contributed by atoms with Crippen molar-refractivity contribution in [1.82, 2.24) is 4.72 Å². The van der Waals surface area contributed by atoms with E-state index in [1.54, 1.807) is 12.1 Å². The molecule has 2 aromatic heterocycles. The van der Waals surface area contributed by atoms with Crippen LogP contribution in [0.2, 0.25) is 0 Å².